The molecule has 590 valence electrons. The van der Waals surface area contributed by atoms with E-state index in [9.17, 15) is 74.9 Å². The monoisotopic (exact) mass is 1460 g/mol. The molecule has 2 aliphatic heterocycles. The van der Waals surface area contributed by atoms with Gasteiger partial charge >= 0.3 is 25.7 Å². The number of phosphoric ester groups is 1. The fourth-order valence-corrected chi connectivity index (χ4v) is 14.4. The topological polar surface area (TPSA) is 374 Å². The Kier molecular flexibility index (Phi) is 52.7. The van der Waals surface area contributed by atoms with Crippen molar-refractivity contribution in [2.75, 3.05) is 26.4 Å². The molecular weight excluding hydrogens is 1320 g/mol. The minimum absolute atomic E-state index is 0.0327. The zero-order valence-corrected chi connectivity index (χ0v) is 62.7. The lowest BCUT2D eigenvalue weighted by Crippen LogP contribution is -2.69. The van der Waals surface area contributed by atoms with E-state index in [0.29, 0.717) is 19.3 Å². The van der Waals surface area contributed by atoms with Crippen molar-refractivity contribution < 1.29 is 117 Å². The molecule has 0 radical (unpaired) electrons. The Morgan fingerprint density at radius 1 is 0.350 bits per heavy atom. The van der Waals surface area contributed by atoms with Crippen LogP contribution in [-0.4, -0.2) is 204 Å². The molecule has 3 aliphatic rings. The predicted octanol–water partition coefficient (Wildman–Crippen LogP) is 11.7. The van der Waals surface area contributed by atoms with Crippen molar-refractivity contribution >= 4 is 25.7 Å². The van der Waals surface area contributed by atoms with Crippen molar-refractivity contribution in [3.8, 4) is 0 Å². The van der Waals surface area contributed by atoms with E-state index in [1.807, 2.05) is 0 Å². The van der Waals surface area contributed by atoms with Gasteiger partial charge in [0.05, 0.1) is 13.2 Å². The number of rotatable bonds is 63. The molecule has 25 heteroatoms. The van der Waals surface area contributed by atoms with Crippen molar-refractivity contribution in [3.05, 3.63) is 0 Å². The Morgan fingerprint density at radius 3 is 0.980 bits per heavy atom. The number of ether oxygens (including phenoxy) is 7. The van der Waals surface area contributed by atoms with Crippen molar-refractivity contribution in [1.29, 1.82) is 0 Å². The van der Waals surface area contributed by atoms with Gasteiger partial charge in [0, 0.05) is 19.3 Å². The van der Waals surface area contributed by atoms with Gasteiger partial charge in [-0.05, 0) is 19.3 Å². The Balaban J connectivity index is 1.71. The molecule has 0 aromatic heterocycles. The number of unbranched alkanes of at least 4 members (excludes halogenated alkanes) is 42. The molecule has 11 N–H and O–H groups in total. The fourth-order valence-electron chi connectivity index (χ4n) is 13.4. The first kappa shape index (κ1) is 92.2. The highest BCUT2D eigenvalue weighted by Gasteiger charge is 2.58. The van der Waals surface area contributed by atoms with Crippen molar-refractivity contribution in [2.24, 2.45) is 0 Å². The van der Waals surface area contributed by atoms with E-state index in [4.69, 9.17) is 42.2 Å². The lowest BCUT2D eigenvalue weighted by molar-refractivity contribution is -0.360. The minimum atomic E-state index is -5.69. The average molecular weight is 1460 g/mol. The number of hydrogen-bond donors (Lipinski definition) is 11. The summed E-state index contributed by atoms with van der Waals surface area (Å²) in [5.74, 6) is -1.97. The minimum Gasteiger partial charge on any atom is -0.463 e. The van der Waals surface area contributed by atoms with Crippen LogP contribution in [0.1, 0.15) is 329 Å². The Bertz CT molecular complexity index is 2060. The van der Waals surface area contributed by atoms with Gasteiger partial charge in [-0.1, -0.05) is 290 Å². The summed E-state index contributed by atoms with van der Waals surface area (Å²) >= 11 is 0. The maximum Gasteiger partial charge on any atom is 0.472 e. The second-order valence-electron chi connectivity index (χ2n) is 28.8. The maximum absolute atomic E-state index is 14.4. The van der Waals surface area contributed by atoms with Crippen LogP contribution in [0.15, 0.2) is 0 Å². The smallest absolute Gasteiger partial charge is 0.463 e. The van der Waals surface area contributed by atoms with Crippen molar-refractivity contribution in [3.63, 3.8) is 0 Å². The largest absolute Gasteiger partial charge is 0.472 e. The highest BCUT2D eigenvalue weighted by Crippen LogP contribution is 2.49. The number of carbonyl (C=O) groups is 3. The highest BCUT2D eigenvalue weighted by atomic mass is 31.2. The molecule has 18 atom stereocenters. The van der Waals surface area contributed by atoms with Gasteiger partial charge < -0.3 is 89.1 Å². The fraction of sp³-hybridized carbons (Fsp3) is 0.960. The summed E-state index contributed by atoms with van der Waals surface area (Å²) in [6, 6.07) is 0. The summed E-state index contributed by atoms with van der Waals surface area (Å²) in [7, 11) is -5.69. The molecule has 100 heavy (non-hydrogen) atoms. The van der Waals surface area contributed by atoms with Gasteiger partial charge in [0.15, 0.2) is 18.7 Å². The van der Waals surface area contributed by atoms with E-state index in [2.05, 4.69) is 20.8 Å². The third-order valence-electron chi connectivity index (χ3n) is 19.9. The first-order valence-electron chi connectivity index (χ1n) is 39.8. The normalized spacial score (nSPS) is 27.3. The van der Waals surface area contributed by atoms with Crippen LogP contribution in [0.5, 0.6) is 0 Å². The number of hydrogen-bond acceptors (Lipinski definition) is 23. The second kappa shape index (κ2) is 57.2. The van der Waals surface area contributed by atoms with Crippen molar-refractivity contribution in [2.45, 2.75) is 433 Å². The molecule has 0 aromatic carbocycles. The standard InChI is InChI=1S/C75H141O24P/c1-4-7-10-13-16-19-22-25-28-30-32-35-37-40-43-46-49-59(77)91-53-56(94-61(79)51-48-45-42-39-36-33-29-26-23-20-17-14-11-8-5-2)54-93-100(89,90)99-73-71(97-74-69(87)64(82)62(80)57(52-76)95-74)67(85)66(84)68(86)72(73)98-75-70(88)65(83)63(81)58(96-75)55-92-60(78)50-47-44-41-38-34-31-27-24-21-18-15-12-9-6-3/h56-58,62-76,80-88H,4-55H2,1-3H3,(H,89,90). The Labute approximate surface area is 600 Å². The molecule has 18 unspecified atom stereocenters. The molecule has 3 rings (SSSR count). The van der Waals surface area contributed by atoms with Gasteiger partial charge in [0.1, 0.15) is 98.7 Å². The molecule has 2 saturated heterocycles. The Morgan fingerprint density at radius 2 is 0.640 bits per heavy atom. The summed E-state index contributed by atoms with van der Waals surface area (Å²) in [5.41, 5.74) is 0. The van der Waals surface area contributed by atoms with E-state index >= 15 is 0 Å². The van der Waals surface area contributed by atoms with Crippen LogP contribution in [0.2, 0.25) is 0 Å². The lowest BCUT2D eigenvalue weighted by atomic mass is 9.84. The SMILES string of the molecule is CCCCCCCCCCCCCCCCCCC(=O)OCC(COP(=O)(O)OC1C(OC2OC(CO)C(O)C(O)C2O)C(O)C(O)C(O)C1OC1OC(COC(=O)CCCCCCCCCCCCCCCC)C(O)C(O)C1O)OC(=O)CCCCCCCCCCCCCCCCC. The van der Waals surface area contributed by atoms with Gasteiger partial charge in [-0.3, -0.25) is 23.4 Å². The molecule has 0 aromatic rings. The van der Waals surface area contributed by atoms with Gasteiger partial charge in [0.25, 0.3) is 0 Å². The average Bonchev–Trinajstić information content (AvgIpc) is 0.762. The van der Waals surface area contributed by atoms with E-state index < -0.39 is 156 Å². The molecule has 24 nitrogen and oxygen atoms in total. The van der Waals surface area contributed by atoms with Crippen LogP contribution in [0.3, 0.4) is 0 Å². The second-order valence-corrected chi connectivity index (χ2v) is 30.2. The zero-order chi connectivity index (χ0) is 73.2. The predicted molar refractivity (Wildman–Crippen MR) is 379 cm³/mol. The molecule has 1 aliphatic carbocycles. The van der Waals surface area contributed by atoms with Crippen LogP contribution < -0.4 is 0 Å². The van der Waals surface area contributed by atoms with Crippen LogP contribution >= 0.6 is 7.82 Å². The van der Waals surface area contributed by atoms with Crippen LogP contribution in [0, 0.1) is 0 Å². The zero-order valence-electron chi connectivity index (χ0n) is 61.8. The van der Waals surface area contributed by atoms with Crippen molar-refractivity contribution in [1.82, 2.24) is 0 Å². The van der Waals surface area contributed by atoms with Gasteiger partial charge in [0.2, 0.25) is 0 Å². The number of esters is 3. The maximum atomic E-state index is 14.4. The number of carbonyl (C=O) groups excluding carboxylic acids is 3. The van der Waals surface area contributed by atoms with Gasteiger partial charge in [-0.2, -0.15) is 0 Å². The molecular formula is C75H141O24P. The summed E-state index contributed by atoms with van der Waals surface area (Å²) in [6.45, 7) is 3.50. The molecule has 0 spiro atoms. The molecule has 3 fully saturated rings. The lowest BCUT2D eigenvalue weighted by Gasteiger charge is -2.49. The van der Waals surface area contributed by atoms with E-state index in [1.165, 1.54) is 180 Å². The van der Waals surface area contributed by atoms with Crippen LogP contribution in [0.25, 0.3) is 0 Å². The number of aliphatic hydroxyl groups is 10. The first-order valence-corrected chi connectivity index (χ1v) is 41.3. The third-order valence-corrected chi connectivity index (χ3v) is 20.9. The summed E-state index contributed by atoms with van der Waals surface area (Å²) < 4.78 is 65.2. The number of phosphoric acid groups is 1. The highest BCUT2D eigenvalue weighted by molar-refractivity contribution is 7.47. The quantitative estimate of drug-likeness (QED) is 0.0117. The summed E-state index contributed by atoms with van der Waals surface area (Å²) in [6.07, 6.45) is 15.7. The van der Waals surface area contributed by atoms with Crippen LogP contribution in [-0.2, 0) is 61.2 Å². The van der Waals surface area contributed by atoms with E-state index in [-0.39, 0.29) is 19.3 Å². The summed E-state index contributed by atoms with van der Waals surface area (Å²) in [5, 5.41) is 110. The molecule has 1 saturated carbocycles. The van der Waals surface area contributed by atoms with E-state index in [0.717, 1.165) is 89.9 Å². The molecule has 0 amide bonds. The molecule has 2 heterocycles. The van der Waals surface area contributed by atoms with Gasteiger partial charge in [-0.15, -0.1) is 0 Å². The van der Waals surface area contributed by atoms with E-state index in [1.54, 1.807) is 0 Å². The third kappa shape index (κ3) is 39.5. The summed E-state index contributed by atoms with van der Waals surface area (Å²) in [4.78, 5) is 51.1. The first-order chi connectivity index (χ1) is 48.3. The molecule has 0 bridgehead atoms. The Hall–Kier alpha value is -2.04. The van der Waals surface area contributed by atoms with Gasteiger partial charge in [-0.25, -0.2) is 4.57 Å². The number of aliphatic hydroxyl groups excluding tert-OH is 10. The van der Waals surface area contributed by atoms with Crippen LogP contribution in [0.4, 0.5) is 0 Å².